The van der Waals surface area contributed by atoms with Crippen LogP contribution in [-0.4, -0.2) is 12.5 Å². The summed E-state index contributed by atoms with van der Waals surface area (Å²) in [5, 5.41) is 3.48. The topological polar surface area (TPSA) is 64.3 Å². The molecule has 0 bridgehead atoms. The molecule has 3 N–H and O–H groups in total. The minimum Gasteiger partial charge on any atom is -0.484 e. The number of halogens is 1. The molecule has 0 saturated heterocycles. The number of nitrogens with one attached hydrogen (secondary N) is 1. The lowest BCUT2D eigenvalue weighted by Crippen LogP contribution is -2.20. The van der Waals surface area contributed by atoms with Gasteiger partial charge >= 0.3 is 0 Å². The van der Waals surface area contributed by atoms with Crippen LogP contribution < -0.4 is 15.8 Å². The highest BCUT2D eigenvalue weighted by atomic mass is 79.9. The minimum atomic E-state index is -0.478. The van der Waals surface area contributed by atoms with Gasteiger partial charge in [0.05, 0.1) is 0 Å². The summed E-state index contributed by atoms with van der Waals surface area (Å²) in [6, 6.07) is 16.1. The van der Waals surface area contributed by atoms with Crippen LogP contribution in [0.3, 0.4) is 0 Å². The van der Waals surface area contributed by atoms with Gasteiger partial charge in [-0.1, -0.05) is 40.2 Å². The molecule has 2 aromatic carbocycles. The third kappa shape index (κ3) is 5.16. The summed E-state index contributed by atoms with van der Waals surface area (Å²) in [5.41, 5.74) is 7.42. The molecule has 0 fully saturated rings. The van der Waals surface area contributed by atoms with Gasteiger partial charge in [-0.15, -0.1) is 0 Å². The predicted molar refractivity (Wildman–Crippen MR) is 90.5 cm³/mol. The summed E-state index contributed by atoms with van der Waals surface area (Å²) in [6.45, 7) is 2.79. The number of hydrogen-bond acceptors (Lipinski definition) is 3. The largest absolute Gasteiger partial charge is 0.484 e. The zero-order chi connectivity index (χ0) is 15.9. The van der Waals surface area contributed by atoms with Gasteiger partial charge in [0.1, 0.15) is 5.75 Å². The van der Waals surface area contributed by atoms with E-state index in [-0.39, 0.29) is 12.6 Å². The van der Waals surface area contributed by atoms with Crippen LogP contribution in [0.4, 0.5) is 0 Å². The van der Waals surface area contributed by atoms with E-state index in [9.17, 15) is 4.79 Å². The van der Waals surface area contributed by atoms with Gasteiger partial charge in [0.25, 0.3) is 5.91 Å². The van der Waals surface area contributed by atoms with Crippen LogP contribution in [0.2, 0.25) is 0 Å². The molecular formula is C17H19BrN2O2. The Morgan fingerprint density at radius 3 is 2.64 bits per heavy atom. The Balaban J connectivity index is 1.87. The molecule has 5 heteroatoms. The van der Waals surface area contributed by atoms with Gasteiger partial charge in [-0.3, -0.25) is 4.79 Å². The van der Waals surface area contributed by atoms with Crippen molar-refractivity contribution in [1.82, 2.24) is 5.32 Å². The molecule has 0 spiro atoms. The highest BCUT2D eigenvalue weighted by Gasteiger charge is 2.05. The molecule has 1 atom stereocenters. The lowest BCUT2D eigenvalue weighted by molar-refractivity contribution is -0.119. The Hall–Kier alpha value is -1.85. The molecule has 116 valence electrons. The number of hydrogen-bond donors (Lipinski definition) is 2. The van der Waals surface area contributed by atoms with Gasteiger partial charge < -0.3 is 15.8 Å². The van der Waals surface area contributed by atoms with E-state index in [0.717, 1.165) is 16.6 Å². The van der Waals surface area contributed by atoms with E-state index in [1.54, 1.807) is 0 Å². The van der Waals surface area contributed by atoms with Gasteiger partial charge in [0.15, 0.2) is 6.61 Å². The number of primary amides is 1. The van der Waals surface area contributed by atoms with Crippen molar-refractivity contribution in [1.29, 1.82) is 0 Å². The van der Waals surface area contributed by atoms with E-state index in [2.05, 4.69) is 40.3 Å². The average Bonchev–Trinajstić information content (AvgIpc) is 2.51. The molecule has 22 heavy (non-hydrogen) atoms. The van der Waals surface area contributed by atoms with E-state index in [0.29, 0.717) is 5.75 Å². The van der Waals surface area contributed by atoms with Gasteiger partial charge in [-0.05, 0) is 42.3 Å². The SMILES string of the molecule is C[C@H](NCc1ccc(OCC(N)=O)cc1)c1cccc(Br)c1. The van der Waals surface area contributed by atoms with Gasteiger partial charge in [-0.25, -0.2) is 0 Å². The molecule has 0 radical (unpaired) electrons. The first kappa shape index (κ1) is 16.5. The minimum absolute atomic E-state index is 0.0997. The fourth-order valence-electron chi connectivity index (χ4n) is 2.02. The van der Waals surface area contributed by atoms with Crippen LogP contribution in [0.25, 0.3) is 0 Å². The standard InChI is InChI=1S/C17H19BrN2O2/c1-12(14-3-2-4-15(18)9-14)20-10-13-5-7-16(8-6-13)22-11-17(19)21/h2-9,12,20H,10-11H2,1H3,(H2,19,21)/t12-/m0/s1. The third-order valence-corrected chi connectivity index (χ3v) is 3.76. The number of nitrogens with two attached hydrogens (primary N) is 1. The summed E-state index contributed by atoms with van der Waals surface area (Å²) < 4.78 is 6.31. The molecule has 0 unspecified atom stereocenters. The Labute approximate surface area is 138 Å². The fraction of sp³-hybridized carbons (Fsp3) is 0.235. The molecule has 0 aliphatic carbocycles. The van der Waals surface area contributed by atoms with Crippen LogP contribution in [0.5, 0.6) is 5.75 Å². The molecular weight excluding hydrogens is 344 g/mol. The molecule has 0 aromatic heterocycles. The third-order valence-electron chi connectivity index (χ3n) is 3.27. The zero-order valence-corrected chi connectivity index (χ0v) is 14.0. The van der Waals surface area contributed by atoms with E-state index in [1.807, 2.05) is 36.4 Å². The quantitative estimate of drug-likeness (QED) is 0.794. The molecule has 0 heterocycles. The first-order chi connectivity index (χ1) is 10.5. The summed E-state index contributed by atoms with van der Waals surface area (Å²) >= 11 is 3.48. The highest BCUT2D eigenvalue weighted by molar-refractivity contribution is 9.10. The molecule has 0 saturated carbocycles. The van der Waals surface area contributed by atoms with Crippen LogP contribution in [0.15, 0.2) is 53.0 Å². The maximum Gasteiger partial charge on any atom is 0.255 e. The molecule has 0 aliphatic heterocycles. The average molecular weight is 363 g/mol. The van der Waals surface area contributed by atoms with Crippen LogP contribution in [-0.2, 0) is 11.3 Å². The van der Waals surface area contributed by atoms with Crippen molar-refractivity contribution in [2.24, 2.45) is 5.73 Å². The second kappa shape index (κ2) is 7.96. The van der Waals surface area contributed by atoms with Crippen molar-refractivity contribution in [3.05, 3.63) is 64.1 Å². The first-order valence-corrected chi connectivity index (χ1v) is 7.83. The Morgan fingerprint density at radius 2 is 2.00 bits per heavy atom. The van der Waals surface area contributed by atoms with E-state index in [1.165, 1.54) is 5.56 Å². The fourth-order valence-corrected chi connectivity index (χ4v) is 2.44. The summed E-state index contributed by atoms with van der Waals surface area (Å²) in [7, 11) is 0. The number of carbonyl (C=O) groups excluding carboxylic acids is 1. The van der Waals surface area contributed by atoms with Crippen molar-refractivity contribution in [3.63, 3.8) is 0 Å². The number of benzene rings is 2. The van der Waals surface area contributed by atoms with Crippen LogP contribution in [0, 0.1) is 0 Å². The molecule has 2 aromatic rings. The Morgan fingerprint density at radius 1 is 1.27 bits per heavy atom. The Bertz CT molecular complexity index is 629. The van der Waals surface area contributed by atoms with E-state index in [4.69, 9.17) is 10.5 Å². The van der Waals surface area contributed by atoms with Crippen molar-refractivity contribution in [3.8, 4) is 5.75 Å². The lowest BCUT2D eigenvalue weighted by atomic mass is 10.1. The van der Waals surface area contributed by atoms with E-state index < -0.39 is 5.91 Å². The predicted octanol–water partition coefficient (Wildman–Crippen LogP) is 3.16. The number of ether oxygens (including phenoxy) is 1. The maximum atomic E-state index is 10.7. The lowest BCUT2D eigenvalue weighted by Gasteiger charge is -2.15. The summed E-state index contributed by atoms with van der Waals surface area (Å²) in [4.78, 5) is 10.7. The van der Waals surface area contributed by atoms with E-state index >= 15 is 0 Å². The second-order valence-corrected chi connectivity index (χ2v) is 5.97. The number of rotatable bonds is 7. The van der Waals surface area contributed by atoms with Crippen LogP contribution >= 0.6 is 15.9 Å². The van der Waals surface area contributed by atoms with Gasteiger partial charge in [0.2, 0.25) is 0 Å². The molecule has 1 amide bonds. The molecule has 4 nitrogen and oxygen atoms in total. The maximum absolute atomic E-state index is 10.7. The van der Waals surface area contributed by atoms with Crippen molar-refractivity contribution < 1.29 is 9.53 Å². The van der Waals surface area contributed by atoms with Crippen molar-refractivity contribution in [2.75, 3.05) is 6.61 Å². The van der Waals surface area contributed by atoms with Gasteiger partial charge in [0, 0.05) is 17.1 Å². The molecule has 2 rings (SSSR count). The van der Waals surface area contributed by atoms with Crippen molar-refractivity contribution >= 4 is 21.8 Å². The van der Waals surface area contributed by atoms with Crippen molar-refractivity contribution in [2.45, 2.75) is 19.5 Å². The monoisotopic (exact) mass is 362 g/mol. The van der Waals surface area contributed by atoms with Gasteiger partial charge in [-0.2, -0.15) is 0 Å². The first-order valence-electron chi connectivity index (χ1n) is 7.03. The Kier molecular flexibility index (Phi) is 5.98. The zero-order valence-electron chi connectivity index (χ0n) is 12.4. The number of carbonyl (C=O) groups is 1. The summed E-state index contributed by atoms with van der Waals surface area (Å²) in [6.07, 6.45) is 0. The second-order valence-electron chi connectivity index (χ2n) is 5.06. The smallest absolute Gasteiger partial charge is 0.255 e. The normalized spacial score (nSPS) is 11.9. The molecule has 0 aliphatic rings. The number of amides is 1. The van der Waals surface area contributed by atoms with Crippen LogP contribution in [0.1, 0.15) is 24.1 Å². The summed E-state index contributed by atoms with van der Waals surface area (Å²) in [5.74, 6) is 0.163. The highest BCUT2D eigenvalue weighted by Crippen LogP contribution is 2.18.